The van der Waals surface area contributed by atoms with Gasteiger partial charge in [0.2, 0.25) is 5.91 Å². The highest BCUT2D eigenvalue weighted by Gasteiger charge is 2.54. The van der Waals surface area contributed by atoms with Crippen molar-refractivity contribution in [2.45, 2.75) is 63.0 Å². The van der Waals surface area contributed by atoms with Gasteiger partial charge in [0.1, 0.15) is 0 Å². The Labute approximate surface area is 149 Å². The van der Waals surface area contributed by atoms with Gasteiger partial charge in [-0.2, -0.15) is 5.06 Å². The lowest BCUT2D eigenvalue weighted by atomic mass is 9.78. The van der Waals surface area contributed by atoms with Crippen molar-refractivity contribution in [3.63, 3.8) is 0 Å². The lowest BCUT2D eigenvalue weighted by molar-refractivity contribution is -0.158. The number of hydrogen-bond donors (Lipinski definition) is 2. The molecule has 1 amide bonds. The summed E-state index contributed by atoms with van der Waals surface area (Å²) >= 11 is 0. The summed E-state index contributed by atoms with van der Waals surface area (Å²) in [5.74, 6) is 0.138. The van der Waals surface area contributed by atoms with Crippen molar-refractivity contribution in [1.82, 2.24) is 10.4 Å². The maximum Gasteiger partial charge on any atom is 0.230 e. The average molecular weight is 344 g/mol. The predicted molar refractivity (Wildman–Crippen MR) is 95.3 cm³/mol. The highest BCUT2D eigenvalue weighted by atomic mass is 16.7. The summed E-state index contributed by atoms with van der Waals surface area (Å²) in [6.07, 6.45) is 3.21. The van der Waals surface area contributed by atoms with Crippen LogP contribution < -0.4 is 5.32 Å². The van der Waals surface area contributed by atoms with Crippen LogP contribution in [0, 0.1) is 13.8 Å². The van der Waals surface area contributed by atoms with Crippen LogP contribution in [-0.2, 0) is 9.63 Å². The SMILES string of the molecule is CON1CCC2(CC1)NC(=O)C(c1cc(C3CC3)c(C)cc1C)C2O. The molecule has 2 aliphatic heterocycles. The summed E-state index contributed by atoms with van der Waals surface area (Å²) in [5, 5.41) is 16.2. The number of hydroxylamine groups is 2. The Morgan fingerprint density at radius 1 is 1.16 bits per heavy atom. The van der Waals surface area contributed by atoms with Crippen molar-refractivity contribution in [1.29, 1.82) is 0 Å². The number of hydrogen-bond acceptors (Lipinski definition) is 4. The number of carbonyl (C=O) groups excluding carboxylic acids is 1. The van der Waals surface area contributed by atoms with Crippen LogP contribution in [0.25, 0.3) is 0 Å². The Bertz CT molecular complexity index is 690. The number of nitrogens with zero attached hydrogens (tertiary/aromatic N) is 1. The first kappa shape index (κ1) is 17.0. The van der Waals surface area contributed by atoms with Gasteiger partial charge in [-0.25, -0.2) is 0 Å². The van der Waals surface area contributed by atoms with Gasteiger partial charge in [0.15, 0.2) is 0 Å². The van der Waals surface area contributed by atoms with Crippen molar-refractivity contribution in [3.8, 4) is 0 Å². The van der Waals surface area contributed by atoms with E-state index in [2.05, 4.69) is 31.3 Å². The normalized spacial score (nSPS) is 29.2. The molecule has 5 nitrogen and oxygen atoms in total. The lowest BCUT2D eigenvalue weighted by Crippen LogP contribution is -2.56. The Morgan fingerprint density at radius 2 is 1.80 bits per heavy atom. The number of carbonyl (C=O) groups is 1. The molecule has 2 saturated heterocycles. The molecular formula is C20H28N2O3. The first-order chi connectivity index (χ1) is 11.9. The van der Waals surface area contributed by atoms with Gasteiger partial charge >= 0.3 is 0 Å². The number of aliphatic hydroxyl groups is 1. The number of aryl methyl sites for hydroxylation is 2. The van der Waals surface area contributed by atoms with Crippen LogP contribution in [0.15, 0.2) is 12.1 Å². The van der Waals surface area contributed by atoms with Crippen molar-refractivity contribution >= 4 is 5.91 Å². The molecule has 1 spiro atoms. The summed E-state index contributed by atoms with van der Waals surface area (Å²) in [4.78, 5) is 18.1. The quantitative estimate of drug-likeness (QED) is 0.882. The van der Waals surface area contributed by atoms with E-state index < -0.39 is 17.6 Å². The Kier molecular flexibility index (Phi) is 4.13. The van der Waals surface area contributed by atoms with E-state index in [4.69, 9.17) is 4.84 Å². The molecule has 5 heteroatoms. The number of piperidine rings is 1. The molecule has 0 bridgehead atoms. The van der Waals surface area contributed by atoms with E-state index in [9.17, 15) is 9.90 Å². The van der Waals surface area contributed by atoms with Gasteiger partial charge < -0.3 is 15.3 Å². The molecule has 2 N–H and O–H groups in total. The Morgan fingerprint density at radius 3 is 2.40 bits per heavy atom. The summed E-state index contributed by atoms with van der Waals surface area (Å²) < 4.78 is 0. The van der Waals surface area contributed by atoms with Crippen molar-refractivity contribution in [2.24, 2.45) is 0 Å². The molecule has 4 rings (SSSR count). The fourth-order valence-electron chi connectivity index (χ4n) is 4.72. The number of nitrogens with one attached hydrogen (secondary N) is 1. The summed E-state index contributed by atoms with van der Waals surface area (Å²) in [7, 11) is 1.67. The minimum absolute atomic E-state index is 0.0351. The van der Waals surface area contributed by atoms with E-state index in [1.807, 2.05) is 5.06 Å². The zero-order valence-corrected chi connectivity index (χ0v) is 15.3. The third-order valence-electron chi connectivity index (χ3n) is 6.42. The van der Waals surface area contributed by atoms with E-state index >= 15 is 0 Å². The standard InChI is InChI=1S/C20H28N2O3/c1-12-10-13(2)16(11-15(12)14-4-5-14)17-18(23)20(21-19(17)24)6-8-22(25-3)9-7-20/h10-11,14,17-18,23H,4-9H2,1-3H3,(H,21,24). The van der Waals surface area contributed by atoms with Gasteiger partial charge in [-0.15, -0.1) is 0 Å². The van der Waals surface area contributed by atoms with Crippen LogP contribution in [0.2, 0.25) is 0 Å². The Hall–Kier alpha value is -1.43. The first-order valence-corrected chi connectivity index (χ1v) is 9.35. The van der Waals surface area contributed by atoms with Gasteiger partial charge in [0.25, 0.3) is 0 Å². The van der Waals surface area contributed by atoms with E-state index in [-0.39, 0.29) is 5.91 Å². The predicted octanol–water partition coefficient (Wildman–Crippen LogP) is 2.15. The van der Waals surface area contributed by atoms with Crippen molar-refractivity contribution < 1.29 is 14.7 Å². The molecule has 1 aromatic carbocycles. The largest absolute Gasteiger partial charge is 0.389 e. The highest BCUT2D eigenvalue weighted by molar-refractivity contribution is 5.88. The summed E-state index contributed by atoms with van der Waals surface area (Å²) in [5.41, 5.74) is 4.25. The molecule has 25 heavy (non-hydrogen) atoms. The molecule has 1 aromatic rings. The maximum absolute atomic E-state index is 12.8. The zero-order chi connectivity index (χ0) is 17.8. The fourth-order valence-corrected chi connectivity index (χ4v) is 4.72. The van der Waals surface area contributed by atoms with Gasteiger partial charge in [0, 0.05) is 13.1 Å². The third kappa shape index (κ3) is 2.78. The second-order valence-electron chi connectivity index (χ2n) is 8.02. The fraction of sp³-hybridized carbons (Fsp3) is 0.650. The minimum Gasteiger partial charge on any atom is -0.389 e. The zero-order valence-electron chi connectivity index (χ0n) is 15.3. The second kappa shape index (κ2) is 6.08. The summed E-state index contributed by atoms with van der Waals surface area (Å²) in [6, 6.07) is 4.38. The highest BCUT2D eigenvalue weighted by Crippen LogP contribution is 2.45. The number of benzene rings is 1. The van der Waals surface area contributed by atoms with Crippen LogP contribution in [0.1, 0.15) is 59.8 Å². The lowest BCUT2D eigenvalue weighted by Gasteiger charge is -2.40. The smallest absolute Gasteiger partial charge is 0.230 e. The maximum atomic E-state index is 12.8. The average Bonchev–Trinajstić information content (AvgIpc) is 3.39. The molecule has 2 atom stereocenters. The molecule has 2 unspecified atom stereocenters. The van der Waals surface area contributed by atoms with E-state index in [1.165, 1.54) is 24.0 Å². The molecule has 2 heterocycles. The van der Waals surface area contributed by atoms with Gasteiger partial charge in [0.05, 0.1) is 24.7 Å². The van der Waals surface area contributed by atoms with Crippen LogP contribution in [-0.4, -0.2) is 47.9 Å². The number of amides is 1. The molecular weight excluding hydrogens is 316 g/mol. The second-order valence-corrected chi connectivity index (χ2v) is 8.02. The van der Waals surface area contributed by atoms with Crippen molar-refractivity contribution in [2.75, 3.05) is 20.2 Å². The summed E-state index contributed by atoms with van der Waals surface area (Å²) in [6.45, 7) is 5.65. The Balaban J connectivity index is 1.65. The van der Waals surface area contributed by atoms with Crippen LogP contribution in [0.3, 0.4) is 0 Å². The van der Waals surface area contributed by atoms with E-state index in [1.54, 1.807) is 7.11 Å². The van der Waals surface area contributed by atoms with Crippen LogP contribution in [0.5, 0.6) is 0 Å². The molecule has 3 fully saturated rings. The minimum atomic E-state index is -0.688. The number of rotatable bonds is 3. The van der Waals surface area contributed by atoms with Gasteiger partial charge in [-0.3, -0.25) is 4.79 Å². The molecule has 1 aliphatic carbocycles. The van der Waals surface area contributed by atoms with E-state index in [0.717, 1.165) is 24.2 Å². The molecule has 136 valence electrons. The molecule has 0 radical (unpaired) electrons. The molecule has 3 aliphatic rings. The molecule has 1 saturated carbocycles. The first-order valence-electron chi connectivity index (χ1n) is 9.35. The number of aliphatic hydroxyl groups excluding tert-OH is 1. The monoisotopic (exact) mass is 344 g/mol. The van der Waals surface area contributed by atoms with Crippen molar-refractivity contribution in [3.05, 3.63) is 34.4 Å². The van der Waals surface area contributed by atoms with Crippen LogP contribution >= 0.6 is 0 Å². The van der Waals surface area contributed by atoms with E-state index in [0.29, 0.717) is 18.8 Å². The van der Waals surface area contributed by atoms with Gasteiger partial charge in [-0.1, -0.05) is 12.1 Å². The molecule has 0 aromatic heterocycles. The third-order valence-corrected chi connectivity index (χ3v) is 6.42. The topological polar surface area (TPSA) is 61.8 Å². The van der Waals surface area contributed by atoms with Gasteiger partial charge in [-0.05, 0) is 67.7 Å². The van der Waals surface area contributed by atoms with Crippen LogP contribution in [0.4, 0.5) is 0 Å².